The Bertz CT molecular complexity index is 967. The number of hydrogen-bond donors (Lipinski definition) is 2. The Balaban J connectivity index is 1.41. The van der Waals surface area contributed by atoms with Crippen LogP contribution in [0.25, 0.3) is 0 Å². The highest BCUT2D eigenvalue weighted by molar-refractivity contribution is 5.83. The Labute approximate surface area is 175 Å². The zero-order valence-corrected chi connectivity index (χ0v) is 16.6. The highest BCUT2D eigenvalue weighted by Gasteiger charge is 2.23. The van der Waals surface area contributed by atoms with Crippen molar-refractivity contribution in [2.45, 2.75) is 18.9 Å². The van der Waals surface area contributed by atoms with Gasteiger partial charge in [0.1, 0.15) is 6.04 Å². The van der Waals surface area contributed by atoms with E-state index in [9.17, 15) is 4.79 Å². The molecular weight excluding hydrogens is 380 g/mol. The molecule has 1 unspecified atom stereocenters. The van der Waals surface area contributed by atoms with Gasteiger partial charge in [0.05, 0.1) is 0 Å². The van der Waals surface area contributed by atoms with Crippen molar-refractivity contribution >= 4 is 5.91 Å². The monoisotopic (exact) mass is 404 g/mol. The second kappa shape index (κ2) is 9.84. The van der Waals surface area contributed by atoms with Crippen molar-refractivity contribution in [1.82, 2.24) is 20.6 Å². The van der Waals surface area contributed by atoms with E-state index in [-0.39, 0.29) is 12.7 Å². The third kappa shape index (κ3) is 5.12. The number of ether oxygens (including phenoxy) is 2. The number of carbonyl (C=O) groups excluding carboxylic acids is 1. The summed E-state index contributed by atoms with van der Waals surface area (Å²) < 4.78 is 10.9. The molecule has 0 aliphatic carbocycles. The van der Waals surface area contributed by atoms with Crippen LogP contribution in [0.5, 0.6) is 11.5 Å². The maximum atomic E-state index is 13.0. The SMILES string of the molecule is O=C(NCCc1ccncc1)C(NCCc1cccnc1)c1ccc2c(c1)OCO2. The fourth-order valence-corrected chi connectivity index (χ4v) is 3.34. The van der Waals surface area contributed by atoms with Gasteiger partial charge in [-0.05, 0) is 59.9 Å². The van der Waals surface area contributed by atoms with Gasteiger partial charge in [0.2, 0.25) is 12.7 Å². The fourth-order valence-electron chi connectivity index (χ4n) is 3.34. The first-order chi connectivity index (χ1) is 14.8. The van der Waals surface area contributed by atoms with Crippen LogP contribution in [-0.2, 0) is 17.6 Å². The Morgan fingerprint density at radius 3 is 2.60 bits per heavy atom. The average Bonchev–Trinajstić information content (AvgIpc) is 3.26. The summed E-state index contributed by atoms with van der Waals surface area (Å²) in [5, 5.41) is 6.42. The van der Waals surface area contributed by atoms with Gasteiger partial charge < -0.3 is 20.1 Å². The molecule has 1 amide bonds. The summed E-state index contributed by atoms with van der Waals surface area (Å²) in [6.07, 6.45) is 8.63. The molecule has 7 nitrogen and oxygen atoms in total. The highest BCUT2D eigenvalue weighted by Crippen LogP contribution is 2.34. The number of fused-ring (bicyclic) bond motifs is 1. The van der Waals surface area contributed by atoms with Crippen LogP contribution in [-0.4, -0.2) is 35.8 Å². The second-order valence-corrected chi connectivity index (χ2v) is 7.01. The lowest BCUT2D eigenvalue weighted by Crippen LogP contribution is -2.39. The topological polar surface area (TPSA) is 85.4 Å². The van der Waals surface area contributed by atoms with Gasteiger partial charge in [-0.2, -0.15) is 0 Å². The Hall–Kier alpha value is -3.45. The summed E-state index contributed by atoms with van der Waals surface area (Å²) >= 11 is 0. The fraction of sp³-hybridized carbons (Fsp3) is 0.261. The number of rotatable bonds is 9. The largest absolute Gasteiger partial charge is 0.454 e. The zero-order chi connectivity index (χ0) is 20.6. The van der Waals surface area contributed by atoms with E-state index in [1.54, 1.807) is 18.6 Å². The lowest BCUT2D eigenvalue weighted by molar-refractivity contribution is -0.123. The lowest BCUT2D eigenvalue weighted by Gasteiger charge is -2.19. The highest BCUT2D eigenvalue weighted by atomic mass is 16.7. The summed E-state index contributed by atoms with van der Waals surface area (Å²) in [6, 6.07) is 13.0. The average molecular weight is 404 g/mol. The molecule has 1 aliphatic heterocycles. The van der Waals surface area contributed by atoms with Crippen LogP contribution in [0.4, 0.5) is 0 Å². The van der Waals surface area contributed by atoms with E-state index < -0.39 is 6.04 Å². The number of nitrogens with one attached hydrogen (secondary N) is 2. The molecule has 0 bridgehead atoms. The van der Waals surface area contributed by atoms with Crippen LogP contribution >= 0.6 is 0 Å². The van der Waals surface area contributed by atoms with Crippen molar-refractivity contribution in [2.24, 2.45) is 0 Å². The van der Waals surface area contributed by atoms with Crippen molar-refractivity contribution in [2.75, 3.05) is 19.9 Å². The van der Waals surface area contributed by atoms with Gasteiger partial charge >= 0.3 is 0 Å². The van der Waals surface area contributed by atoms with Gasteiger partial charge in [0, 0.05) is 37.9 Å². The van der Waals surface area contributed by atoms with Gasteiger partial charge in [-0.25, -0.2) is 0 Å². The van der Waals surface area contributed by atoms with Gasteiger partial charge in [0.15, 0.2) is 11.5 Å². The van der Waals surface area contributed by atoms with E-state index in [1.807, 2.05) is 48.7 Å². The molecule has 1 aliphatic rings. The summed E-state index contributed by atoms with van der Waals surface area (Å²) in [5.41, 5.74) is 3.09. The molecule has 1 atom stereocenters. The van der Waals surface area contributed by atoms with Crippen LogP contribution in [0.1, 0.15) is 22.7 Å². The number of carbonyl (C=O) groups is 1. The molecule has 0 saturated heterocycles. The molecule has 0 saturated carbocycles. The minimum absolute atomic E-state index is 0.0749. The van der Waals surface area contributed by atoms with E-state index in [2.05, 4.69) is 20.6 Å². The second-order valence-electron chi connectivity index (χ2n) is 7.01. The van der Waals surface area contributed by atoms with E-state index in [1.165, 1.54) is 0 Å². The third-order valence-corrected chi connectivity index (χ3v) is 4.94. The molecular formula is C23H24N4O3. The first kappa shape index (κ1) is 19.8. The van der Waals surface area contributed by atoms with E-state index in [0.717, 1.165) is 29.5 Å². The van der Waals surface area contributed by atoms with E-state index in [4.69, 9.17) is 9.47 Å². The van der Waals surface area contributed by atoms with E-state index >= 15 is 0 Å². The predicted molar refractivity (Wildman–Crippen MR) is 112 cm³/mol. The molecule has 1 aromatic carbocycles. The molecule has 3 aromatic rings. The molecule has 2 aromatic heterocycles. The normalized spacial score (nSPS) is 13.1. The number of aromatic nitrogens is 2. The summed E-state index contributed by atoms with van der Waals surface area (Å²) in [7, 11) is 0. The first-order valence-corrected chi connectivity index (χ1v) is 9.98. The summed E-state index contributed by atoms with van der Waals surface area (Å²) in [5.74, 6) is 1.29. The van der Waals surface area contributed by atoms with Gasteiger partial charge in [0.25, 0.3) is 0 Å². The standard InChI is InChI=1S/C23H24N4O3/c28-23(27-13-7-17-5-10-24-11-6-17)22(26-12-8-18-2-1-9-25-15-18)19-3-4-20-21(14-19)30-16-29-20/h1-6,9-11,14-15,22,26H,7-8,12-13,16H2,(H,27,28). The van der Waals surface area contributed by atoms with Crippen LogP contribution in [0, 0.1) is 0 Å². The first-order valence-electron chi connectivity index (χ1n) is 9.98. The van der Waals surface area contributed by atoms with Gasteiger partial charge in [-0.1, -0.05) is 12.1 Å². The third-order valence-electron chi connectivity index (χ3n) is 4.94. The zero-order valence-electron chi connectivity index (χ0n) is 16.6. The molecule has 0 radical (unpaired) electrons. The molecule has 30 heavy (non-hydrogen) atoms. The van der Waals surface area contributed by atoms with Crippen LogP contribution in [0.2, 0.25) is 0 Å². The number of hydrogen-bond acceptors (Lipinski definition) is 6. The minimum Gasteiger partial charge on any atom is -0.454 e. The van der Waals surface area contributed by atoms with Crippen LogP contribution < -0.4 is 20.1 Å². The smallest absolute Gasteiger partial charge is 0.241 e. The van der Waals surface area contributed by atoms with Crippen molar-refractivity contribution in [3.63, 3.8) is 0 Å². The van der Waals surface area contributed by atoms with Gasteiger partial charge in [-0.3, -0.25) is 14.8 Å². The summed E-state index contributed by atoms with van der Waals surface area (Å²) in [4.78, 5) is 21.2. The Kier molecular flexibility index (Phi) is 6.51. The van der Waals surface area contributed by atoms with Crippen LogP contribution in [0.15, 0.2) is 67.3 Å². The van der Waals surface area contributed by atoms with Gasteiger partial charge in [-0.15, -0.1) is 0 Å². The minimum atomic E-state index is -0.492. The molecule has 2 N–H and O–H groups in total. The van der Waals surface area contributed by atoms with Crippen molar-refractivity contribution in [1.29, 1.82) is 0 Å². The molecule has 0 fully saturated rings. The maximum absolute atomic E-state index is 13.0. The molecule has 7 heteroatoms. The quantitative estimate of drug-likeness (QED) is 0.570. The van der Waals surface area contributed by atoms with E-state index in [0.29, 0.717) is 24.6 Å². The van der Waals surface area contributed by atoms with Crippen molar-refractivity contribution < 1.29 is 14.3 Å². The number of benzene rings is 1. The van der Waals surface area contributed by atoms with Crippen molar-refractivity contribution in [3.05, 3.63) is 83.9 Å². The molecule has 154 valence electrons. The summed E-state index contributed by atoms with van der Waals surface area (Å²) in [6.45, 7) is 1.40. The lowest BCUT2D eigenvalue weighted by atomic mass is 10.0. The Morgan fingerprint density at radius 2 is 1.77 bits per heavy atom. The van der Waals surface area contributed by atoms with Crippen LogP contribution in [0.3, 0.4) is 0 Å². The number of pyridine rings is 2. The van der Waals surface area contributed by atoms with Crippen molar-refractivity contribution in [3.8, 4) is 11.5 Å². The predicted octanol–water partition coefficient (Wildman–Crippen LogP) is 2.44. The number of amides is 1. The molecule has 4 rings (SSSR count). The maximum Gasteiger partial charge on any atom is 0.241 e. The number of nitrogens with zero attached hydrogens (tertiary/aromatic N) is 2. The molecule has 0 spiro atoms. The molecule has 3 heterocycles. The Morgan fingerprint density at radius 1 is 0.933 bits per heavy atom.